The molecule has 2 heteroatoms. The molecule has 0 unspecified atom stereocenters. The van der Waals surface area contributed by atoms with Crippen LogP contribution in [0.2, 0.25) is 0 Å². The normalized spacial score (nSPS) is 29.1. The highest BCUT2D eigenvalue weighted by atomic mass is 16.6. The topological polar surface area (TPSA) is 26.3 Å². The average Bonchev–Trinajstić information content (AvgIpc) is 2.33. The Kier molecular flexibility index (Phi) is 1.46. The van der Waals surface area contributed by atoms with Crippen LogP contribution in [0, 0.1) is 0 Å². The summed E-state index contributed by atoms with van der Waals surface area (Å²) in [6, 6.07) is 0.428. The third-order valence-corrected chi connectivity index (χ3v) is 2.67. The minimum absolute atomic E-state index is 0.285. The standard InChI is InChI=1S/C10H14O2/c1-8-7-10(12-9(8)11)5-3-2-4-6-10/h7H,2-6H2,1H3/i7D. The Morgan fingerprint density at radius 1 is 1.50 bits per heavy atom. The van der Waals surface area contributed by atoms with Crippen LogP contribution in [0.25, 0.3) is 0 Å². The summed E-state index contributed by atoms with van der Waals surface area (Å²) in [4.78, 5) is 11.3. The molecule has 0 atom stereocenters. The summed E-state index contributed by atoms with van der Waals surface area (Å²) in [5, 5.41) is 0. The second kappa shape index (κ2) is 2.61. The first kappa shape index (κ1) is 6.70. The van der Waals surface area contributed by atoms with E-state index in [-0.39, 0.29) is 5.97 Å². The van der Waals surface area contributed by atoms with E-state index in [1.165, 1.54) is 6.42 Å². The molecule has 1 aliphatic heterocycles. The molecule has 66 valence electrons. The number of esters is 1. The van der Waals surface area contributed by atoms with Gasteiger partial charge in [0, 0.05) is 5.57 Å². The summed E-state index contributed by atoms with van der Waals surface area (Å²) in [5.41, 5.74) is -0.0266. The van der Waals surface area contributed by atoms with Gasteiger partial charge in [-0.15, -0.1) is 0 Å². The Hall–Kier alpha value is -0.790. The first-order valence-electron chi connectivity index (χ1n) is 5.07. The highest BCUT2D eigenvalue weighted by Gasteiger charge is 2.39. The SMILES string of the molecule is [2H]C1=C(C)C(=O)OC12CCCCC2. The third-order valence-electron chi connectivity index (χ3n) is 2.67. The fourth-order valence-corrected chi connectivity index (χ4v) is 2.02. The molecule has 2 aliphatic rings. The van der Waals surface area contributed by atoms with E-state index >= 15 is 0 Å². The molecule has 2 nitrogen and oxygen atoms in total. The molecule has 1 heterocycles. The molecule has 1 saturated carbocycles. The lowest BCUT2D eigenvalue weighted by atomic mass is 9.85. The van der Waals surface area contributed by atoms with Crippen LogP contribution in [-0.2, 0) is 9.53 Å². The molecule has 2 rings (SSSR count). The van der Waals surface area contributed by atoms with Gasteiger partial charge in [0.15, 0.2) is 0 Å². The summed E-state index contributed by atoms with van der Waals surface area (Å²) < 4.78 is 13.2. The van der Waals surface area contributed by atoms with E-state index in [9.17, 15) is 4.79 Å². The summed E-state index contributed by atoms with van der Waals surface area (Å²) in [7, 11) is 0. The first-order chi connectivity index (χ1) is 6.16. The quantitative estimate of drug-likeness (QED) is 0.517. The van der Waals surface area contributed by atoms with Gasteiger partial charge in [0.1, 0.15) is 5.60 Å². The second-order valence-corrected chi connectivity index (χ2v) is 3.69. The Morgan fingerprint density at radius 2 is 2.17 bits per heavy atom. The van der Waals surface area contributed by atoms with Crippen LogP contribution in [0.5, 0.6) is 0 Å². The zero-order valence-corrected chi connectivity index (χ0v) is 7.35. The van der Waals surface area contributed by atoms with Gasteiger partial charge in [-0.3, -0.25) is 0 Å². The summed E-state index contributed by atoms with van der Waals surface area (Å²) in [5.74, 6) is -0.285. The van der Waals surface area contributed by atoms with Crippen molar-refractivity contribution in [1.29, 1.82) is 0 Å². The lowest BCUT2D eigenvalue weighted by Gasteiger charge is -2.30. The minimum Gasteiger partial charge on any atom is -0.451 e. The van der Waals surface area contributed by atoms with Gasteiger partial charge in [0.05, 0.1) is 1.37 Å². The first-order valence-corrected chi connectivity index (χ1v) is 4.57. The molecule has 0 bridgehead atoms. The maximum atomic E-state index is 11.3. The number of ether oxygens (including phenoxy) is 1. The number of carbonyl (C=O) groups is 1. The monoisotopic (exact) mass is 167 g/mol. The van der Waals surface area contributed by atoms with Crippen molar-refractivity contribution in [2.45, 2.75) is 44.6 Å². The lowest BCUT2D eigenvalue weighted by Crippen LogP contribution is -2.30. The Balaban J connectivity index is 2.30. The lowest BCUT2D eigenvalue weighted by molar-refractivity contribution is -0.148. The summed E-state index contributed by atoms with van der Waals surface area (Å²) in [6.45, 7) is 1.69. The van der Waals surface area contributed by atoms with Crippen molar-refractivity contribution in [2.24, 2.45) is 0 Å². The molecule has 1 fully saturated rings. The van der Waals surface area contributed by atoms with E-state index < -0.39 is 5.60 Å². The number of hydrogen-bond acceptors (Lipinski definition) is 2. The summed E-state index contributed by atoms with van der Waals surface area (Å²) >= 11 is 0. The van der Waals surface area contributed by atoms with Gasteiger partial charge >= 0.3 is 5.97 Å². The van der Waals surface area contributed by atoms with Crippen molar-refractivity contribution in [3.05, 3.63) is 11.6 Å². The molecule has 0 aromatic rings. The van der Waals surface area contributed by atoms with Gasteiger partial charge in [-0.25, -0.2) is 4.79 Å². The third kappa shape index (κ3) is 1.15. The zero-order chi connectivity index (χ0) is 9.47. The van der Waals surface area contributed by atoms with Crippen molar-refractivity contribution in [2.75, 3.05) is 0 Å². The number of rotatable bonds is 0. The second-order valence-electron chi connectivity index (χ2n) is 3.69. The highest BCUT2D eigenvalue weighted by Crippen LogP contribution is 2.37. The van der Waals surface area contributed by atoms with E-state index in [2.05, 4.69) is 0 Å². The predicted molar refractivity (Wildman–Crippen MR) is 45.7 cm³/mol. The Bertz CT molecular complexity index is 275. The largest absolute Gasteiger partial charge is 0.451 e. The van der Waals surface area contributed by atoms with Crippen molar-refractivity contribution < 1.29 is 10.9 Å². The fraction of sp³-hybridized carbons (Fsp3) is 0.700. The Morgan fingerprint density at radius 3 is 2.67 bits per heavy atom. The van der Waals surface area contributed by atoms with E-state index in [0.717, 1.165) is 25.7 Å². The van der Waals surface area contributed by atoms with Crippen LogP contribution >= 0.6 is 0 Å². The maximum absolute atomic E-state index is 11.3. The number of hydrogen-bond donors (Lipinski definition) is 0. The average molecular weight is 167 g/mol. The molecule has 12 heavy (non-hydrogen) atoms. The molecule has 1 spiro atoms. The van der Waals surface area contributed by atoms with Gasteiger partial charge in [0.2, 0.25) is 0 Å². The molecular formula is C10H14O2. The van der Waals surface area contributed by atoms with Crippen LogP contribution in [-0.4, -0.2) is 11.6 Å². The molecule has 0 radical (unpaired) electrons. The molecule has 0 aromatic heterocycles. The van der Waals surface area contributed by atoms with Crippen LogP contribution in [0.15, 0.2) is 11.6 Å². The molecular weight excluding hydrogens is 152 g/mol. The van der Waals surface area contributed by atoms with Crippen molar-refractivity contribution in [3.63, 3.8) is 0 Å². The van der Waals surface area contributed by atoms with Gasteiger partial charge in [0.25, 0.3) is 0 Å². The van der Waals surface area contributed by atoms with E-state index in [0.29, 0.717) is 11.6 Å². The molecule has 0 amide bonds. The van der Waals surface area contributed by atoms with Crippen molar-refractivity contribution >= 4 is 5.97 Å². The van der Waals surface area contributed by atoms with Gasteiger partial charge in [-0.05, 0) is 38.7 Å². The zero-order valence-electron chi connectivity index (χ0n) is 8.35. The van der Waals surface area contributed by atoms with Crippen LogP contribution < -0.4 is 0 Å². The Labute approximate surface area is 74.0 Å². The van der Waals surface area contributed by atoms with Gasteiger partial charge < -0.3 is 4.74 Å². The van der Waals surface area contributed by atoms with Crippen LogP contribution in [0.4, 0.5) is 0 Å². The summed E-state index contributed by atoms with van der Waals surface area (Å²) in [6.07, 6.45) is 5.03. The molecule has 0 aromatic carbocycles. The van der Waals surface area contributed by atoms with Gasteiger partial charge in [-0.1, -0.05) is 6.42 Å². The van der Waals surface area contributed by atoms with E-state index in [1.54, 1.807) is 6.92 Å². The van der Waals surface area contributed by atoms with Crippen LogP contribution in [0.1, 0.15) is 40.4 Å². The van der Waals surface area contributed by atoms with E-state index in [1.807, 2.05) is 0 Å². The van der Waals surface area contributed by atoms with Crippen molar-refractivity contribution in [1.82, 2.24) is 0 Å². The highest BCUT2D eigenvalue weighted by molar-refractivity contribution is 5.90. The van der Waals surface area contributed by atoms with E-state index in [4.69, 9.17) is 6.11 Å². The maximum Gasteiger partial charge on any atom is 0.334 e. The van der Waals surface area contributed by atoms with Crippen LogP contribution in [0.3, 0.4) is 0 Å². The predicted octanol–water partition coefficient (Wildman–Crippen LogP) is 2.19. The molecule has 0 saturated heterocycles. The minimum atomic E-state index is -0.528. The number of carbonyl (C=O) groups excluding carboxylic acids is 1. The fourth-order valence-electron chi connectivity index (χ4n) is 2.02. The van der Waals surface area contributed by atoms with Crippen molar-refractivity contribution in [3.8, 4) is 0 Å². The molecule has 1 aliphatic carbocycles. The smallest absolute Gasteiger partial charge is 0.334 e. The molecule has 0 N–H and O–H groups in total. The van der Waals surface area contributed by atoms with Gasteiger partial charge in [-0.2, -0.15) is 0 Å².